The van der Waals surface area contributed by atoms with Crippen LogP contribution >= 0.6 is 15.9 Å². The molecule has 2 amide bonds. The number of para-hydroxylation sites is 1. The Hall–Kier alpha value is -2.99. The lowest BCUT2D eigenvalue weighted by Gasteiger charge is -2.23. The van der Waals surface area contributed by atoms with Gasteiger partial charge >= 0.3 is 6.03 Å². The van der Waals surface area contributed by atoms with Gasteiger partial charge in [-0.05, 0) is 81.9 Å². The van der Waals surface area contributed by atoms with Crippen molar-refractivity contribution in [3.8, 4) is 5.75 Å². The zero-order valence-electron chi connectivity index (χ0n) is 18.8. The topological polar surface area (TPSA) is 67.6 Å². The standard InChI is InChI=1S/C26H30BrN3O2/c1-26(2,3)19-10-15-24(23(27)18-19)32-17-7-16-29-25(31)30(21-8-5-4-6-9-21)22-13-11-20(28)12-14-22/h4-6,8-15,18H,7,16-17,28H2,1-3H3,(H,29,31). The van der Waals surface area contributed by atoms with Gasteiger partial charge in [-0.25, -0.2) is 4.79 Å². The summed E-state index contributed by atoms with van der Waals surface area (Å²) < 4.78 is 6.84. The molecule has 5 nitrogen and oxygen atoms in total. The van der Waals surface area contributed by atoms with Crippen LogP contribution in [0.3, 0.4) is 0 Å². The quantitative estimate of drug-likeness (QED) is 0.285. The minimum absolute atomic E-state index is 0.0838. The molecule has 3 aromatic carbocycles. The number of anilines is 3. The van der Waals surface area contributed by atoms with Gasteiger partial charge in [0, 0.05) is 12.2 Å². The molecule has 0 aliphatic carbocycles. The van der Waals surface area contributed by atoms with E-state index >= 15 is 0 Å². The molecule has 168 valence electrons. The van der Waals surface area contributed by atoms with Crippen LogP contribution < -0.4 is 20.7 Å². The number of urea groups is 1. The predicted octanol–water partition coefficient (Wildman–Crippen LogP) is 6.65. The number of halogens is 1. The molecule has 0 bridgehead atoms. The SMILES string of the molecule is CC(C)(C)c1ccc(OCCCNC(=O)N(c2ccccc2)c2ccc(N)cc2)c(Br)c1. The van der Waals surface area contributed by atoms with Crippen LogP contribution in [0.5, 0.6) is 5.75 Å². The van der Waals surface area contributed by atoms with Crippen LogP contribution in [0.2, 0.25) is 0 Å². The Balaban J connectivity index is 1.56. The molecule has 0 aromatic heterocycles. The van der Waals surface area contributed by atoms with Crippen molar-refractivity contribution in [3.05, 3.63) is 82.8 Å². The molecule has 0 aliphatic rings. The molecule has 0 fully saturated rings. The molecule has 3 aromatic rings. The number of carbonyl (C=O) groups excluding carboxylic acids is 1. The number of amides is 2. The van der Waals surface area contributed by atoms with Gasteiger partial charge in [0.15, 0.2) is 0 Å². The van der Waals surface area contributed by atoms with Gasteiger partial charge in [0.05, 0.1) is 22.5 Å². The lowest BCUT2D eigenvalue weighted by molar-refractivity contribution is 0.246. The molecule has 3 N–H and O–H groups in total. The molecule has 0 unspecified atom stereocenters. The highest BCUT2D eigenvalue weighted by atomic mass is 79.9. The molecule has 0 atom stereocenters. The molecule has 0 heterocycles. The summed E-state index contributed by atoms with van der Waals surface area (Å²) in [6.07, 6.45) is 0.684. The minimum Gasteiger partial charge on any atom is -0.492 e. The first-order chi connectivity index (χ1) is 15.3. The van der Waals surface area contributed by atoms with Crippen LogP contribution in [0.1, 0.15) is 32.8 Å². The van der Waals surface area contributed by atoms with Crippen molar-refractivity contribution in [2.75, 3.05) is 23.8 Å². The second-order valence-electron chi connectivity index (χ2n) is 8.59. The van der Waals surface area contributed by atoms with E-state index in [1.165, 1.54) is 5.56 Å². The number of nitrogens with zero attached hydrogens (tertiary/aromatic N) is 1. The number of benzene rings is 3. The van der Waals surface area contributed by atoms with E-state index in [9.17, 15) is 4.79 Å². The van der Waals surface area contributed by atoms with Crippen molar-refractivity contribution in [1.82, 2.24) is 5.32 Å². The molecule has 0 saturated heterocycles. The average Bonchev–Trinajstić information content (AvgIpc) is 2.76. The Labute approximate surface area is 198 Å². The Morgan fingerprint density at radius 1 is 1.00 bits per heavy atom. The zero-order valence-corrected chi connectivity index (χ0v) is 20.4. The third kappa shape index (κ3) is 6.26. The summed E-state index contributed by atoms with van der Waals surface area (Å²) in [5.74, 6) is 0.803. The van der Waals surface area contributed by atoms with Crippen molar-refractivity contribution in [2.24, 2.45) is 0 Å². The van der Waals surface area contributed by atoms with Crippen molar-refractivity contribution in [1.29, 1.82) is 0 Å². The normalized spacial score (nSPS) is 11.1. The van der Waals surface area contributed by atoms with Crippen LogP contribution in [0.15, 0.2) is 77.3 Å². The van der Waals surface area contributed by atoms with E-state index < -0.39 is 0 Å². The average molecular weight is 496 g/mol. The monoisotopic (exact) mass is 495 g/mol. The fourth-order valence-corrected chi connectivity index (χ4v) is 3.69. The molecule has 0 radical (unpaired) electrons. The number of nitrogens with one attached hydrogen (secondary N) is 1. The Morgan fingerprint density at radius 3 is 2.28 bits per heavy atom. The number of ether oxygens (including phenoxy) is 1. The molecule has 6 heteroatoms. The highest BCUT2D eigenvalue weighted by Crippen LogP contribution is 2.31. The number of carbonyl (C=O) groups is 1. The van der Waals surface area contributed by atoms with Crippen molar-refractivity contribution >= 4 is 39.0 Å². The first-order valence-electron chi connectivity index (χ1n) is 10.7. The maximum absolute atomic E-state index is 13.0. The van der Waals surface area contributed by atoms with E-state index in [0.717, 1.165) is 21.6 Å². The van der Waals surface area contributed by atoms with Gasteiger partial charge in [-0.2, -0.15) is 0 Å². The second kappa shape index (κ2) is 10.6. The fourth-order valence-electron chi connectivity index (χ4n) is 3.20. The molecule has 3 rings (SSSR count). The maximum Gasteiger partial charge on any atom is 0.326 e. The Kier molecular flexibility index (Phi) is 7.80. The zero-order chi connectivity index (χ0) is 23.1. The van der Waals surface area contributed by atoms with Gasteiger partial charge in [-0.15, -0.1) is 0 Å². The Bertz CT molecular complexity index is 1030. The van der Waals surface area contributed by atoms with E-state index in [0.29, 0.717) is 25.3 Å². The largest absolute Gasteiger partial charge is 0.492 e. The Morgan fingerprint density at radius 2 is 1.66 bits per heavy atom. The maximum atomic E-state index is 13.0. The highest BCUT2D eigenvalue weighted by Gasteiger charge is 2.18. The summed E-state index contributed by atoms with van der Waals surface area (Å²) in [5, 5.41) is 2.99. The van der Waals surface area contributed by atoms with Gasteiger partial charge in [0.25, 0.3) is 0 Å². The highest BCUT2D eigenvalue weighted by molar-refractivity contribution is 9.10. The van der Waals surface area contributed by atoms with Gasteiger partial charge in [-0.3, -0.25) is 4.90 Å². The van der Waals surface area contributed by atoms with Gasteiger partial charge in [0.2, 0.25) is 0 Å². The van der Waals surface area contributed by atoms with Crippen LogP contribution in [0, 0.1) is 0 Å². The summed E-state index contributed by atoms with van der Waals surface area (Å²) in [5.41, 5.74) is 9.33. The van der Waals surface area contributed by atoms with E-state index in [1.54, 1.807) is 17.0 Å². The number of nitrogens with two attached hydrogens (primary N) is 1. The summed E-state index contributed by atoms with van der Waals surface area (Å²) in [6, 6.07) is 22.8. The third-order valence-electron chi connectivity index (χ3n) is 5.02. The van der Waals surface area contributed by atoms with Crippen LogP contribution in [0.25, 0.3) is 0 Å². The number of hydrogen-bond acceptors (Lipinski definition) is 3. The molecule has 0 spiro atoms. The lowest BCUT2D eigenvalue weighted by atomic mass is 9.87. The first-order valence-corrected chi connectivity index (χ1v) is 11.5. The third-order valence-corrected chi connectivity index (χ3v) is 5.64. The van der Waals surface area contributed by atoms with Gasteiger partial charge in [-0.1, -0.05) is 45.0 Å². The molecule has 0 saturated carbocycles. The predicted molar refractivity (Wildman–Crippen MR) is 136 cm³/mol. The number of nitrogen functional groups attached to an aromatic ring is 1. The van der Waals surface area contributed by atoms with E-state index in [-0.39, 0.29) is 11.4 Å². The summed E-state index contributed by atoms with van der Waals surface area (Å²) in [6.45, 7) is 7.54. The van der Waals surface area contributed by atoms with Crippen LogP contribution in [-0.4, -0.2) is 19.2 Å². The lowest BCUT2D eigenvalue weighted by Crippen LogP contribution is -2.37. The molecule has 32 heavy (non-hydrogen) atoms. The summed E-state index contributed by atoms with van der Waals surface area (Å²) in [7, 11) is 0. The van der Waals surface area contributed by atoms with E-state index in [1.807, 2.05) is 48.5 Å². The number of rotatable bonds is 7. The van der Waals surface area contributed by atoms with E-state index in [2.05, 4.69) is 54.2 Å². The molecular weight excluding hydrogens is 466 g/mol. The van der Waals surface area contributed by atoms with Crippen molar-refractivity contribution < 1.29 is 9.53 Å². The van der Waals surface area contributed by atoms with Crippen LogP contribution in [0.4, 0.5) is 21.9 Å². The van der Waals surface area contributed by atoms with E-state index in [4.69, 9.17) is 10.5 Å². The molecule has 0 aliphatic heterocycles. The van der Waals surface area contributed by atoms with Gasteiger partial charge in [0.1, 0.15) is 5.75 Å². The smallest absolute Gasteiger partial charge is 0.326 e. The van der Waals surface area contributed by atoms with Crippen molar-refractivity contribution in [3.63, 3.8) is 0 Å². The molecular formula is C26H30BrN3O2. The summed E-state index contributed by atoms with van der Waals surface area (Å²) >= 11 is 3.60. The minimum atomic E-state index is -0.198. The number of hydrogen-bond donors (Lipinski definition) is 2. The van der Waals surface area contributed by atoms with Gasteiger partial charge < -0.3 is 15.8 Å². The first kappa shape index (κ1) is 23.7. The van der Waals surface area contributed by atoms with Crippen LogP contribution in [-0.2, 0) is 5.41 Å². The summed E-state index contributed by atoms with van der Waals surface area (Å²) in [4.78, 5) is 14.6. The fraction of sp³-hybridized carbons (Fsp3) is 0.269. The second-order valence-corrected chi connectivity index (χ2v) is 9.45. The van der Waals surface area contributed by atoms with Crippen molar-refractivity contribution in [2.45, 2.75) is 32.6 Å².